The number of ether oxygens (including phenoxy) is 2. The summed E-state index contributed by atoms with van der Waals surface area (Å²) in [6.07, 6.45) is 0. The molecule has 1 fully saturated rings. The number of amides is 1. The Morgan fingerprint density at radius 2 is 1.63 bits per heavy atom. The van der Waals surface area contributed by atoms with Crippen LogP contribution in [0.25, 0.3) is 0 Å². The zero-order valence-corrected chi connectivity index (χ0v) is 20.3. The lowest BCUT2D eigenvalue weighted by Crippen LogP contribution is -2.43. The molecule has 0 spiro atoms. The fourth-order valence-corrected chi connectivity index (χ4v) is 5.05. The molecule has 0 radical (unpaired) electrons. The summed E-state index contributed by atoms with van der Waals surface area (Å²) in [5.74, 6) is 0.552. The minimum atomic E-state index is -3.69. The van der Waals surface area contributed by atoms with Crippen molar-refractivity contribution in [3.05, 3.63) is 90.0 Å². The monoisotopic (exact) mass is 495 g/mol. The van der Waals surface area contributed by atoms with Crippen molar-refractivity contribution in [3.8, 4) is 5.75 Å². The fraction of sp³-hybridized carbons (Fsp3) is 0.269. The second-order valence-corrected chi connectivity index (χ2v) is 9.83. The van der Waals surface area contributed by atoms with Crippen molar-refractivity contribution in [3.63, 3.8) is 0 Å². The molecule has 35 heavy (non-hydrogen) atoms. The smallest absolute Gasteiger partial charge is 0.261 e. The standard InChI is InChI=1S/C26H29N3O5S/c1-33-23-13-9-20(10-14-23)25(29-15-17-34-18-16-29)19-27-26(30)21-7-11-22(12-8-21)28-35(31,32)24-5-3-2-4-6-24/h2-14,25,28H,15-19H2,1H3,(H,27,30)/t25-/m0/s1. The van der Waals surface area contributed by atoms with E-state index >= 15 is 0 Å². The SMILES string of the molecule is COc1ccc([C@H](CNC(=O)c2ccc(NS(=O)(=O)c3ccccc3)cc2)N2CCOCC2)cc1. The minimum Gasteiger partial charge on any atom is -0.497 e. The number of morpholine rings is 1. The quantitative estimate of drug-likeness (QED) is 0.473. The van der Waals surface area contributed by atoms with Crippen LogP contribution in [-0.4, -0.2) is 59.2 Å². The predicted molar refractivity (Wildman–Crippen MR) is 134 cm³/mol. The van der Waals surface area contributed by atoms with Gasteiger partial charge in [-0.05, 0) is 54.1 Å². The molecule has 1 saturated heterocycles. The summed E-state index contributed by atoms with van der Waals surface area (Å²) < 4.78 is 38.3. The van der Waals surface area contributed by atoms with Gasteiger partial charge in [0.2, 0.25) is 0 Å². The summed E-state index contributed by atoms with van der Waals surface area (Å²) in [6, 6.07) is 22.4. The lowest BCUT2D eigenvalue weighted by atomic mass is 10.0. The number of hydrogen-bond donors (Lipinski definition) is 2. The van der Waals surface area contributed by atoms with Crippen molar-refractivity contribution in [2.75, 3.05) is 44.7 Å². The van der Waals surface area contributed by atoms with Crippen LogP contribution in [0.5, 0.6) is 5.75 Å². The number of hydrogen-bond acceptors (Lipinski definition) is 6. The van der Waals surface area contributed by atoms with Crippen molar-refractivity contribution in [1.82, 2.24) is 10.2 Å². The summed E-state index contributed by atoms with van der Waals surface area (Å²) in [4.78, 5) is 15.3. The normalized spacial score (nSPS) is 15.2. The van der Waals surface area contributed by atoms with Crippen LogP contribution in [0.15, 0.2) is 83.8 Å². The zero-order chi connectivity index (χ0) is 24.7. The molecule has 0 aliphatic carbocycles. The van der Waals surface area contributed by atoms with Crippen molar-refractivity contribution in [2.24, 2.45) is 0 Å². The third-order valence-corrected chi connectivity index (χ3v) is 7.29. The minimum absolute atomic E-state index is 0.00860. The van der Waals surface area contributed by atoms with E-state index in [-0.39, 0.29) is 16.8 Å². The van der Waals surface area contributed by atoms with Gasteiger partial charge in [-0.3, -0.25) is 14.4 Å². The molecule has 0 bridgehead atoms. The van der Waals surface area contributed by atoms with Crippen LogP contribution in [0.2, 0.25) is 0 Å². The first kappa shape index (κ1) is 24.7. The molecule has 2 N–H and O–H groups in total. The Kier molecular flexibility index (Phi) is 8.02. The summed E-state index contributed by atoms with van der Waals surface area (Å²) in [5.41, 5.74) is 1.91. The van der Waals surface area contributed by atoms with E-state index in [1.165, 1.54) is 12.1 Å². The van der Waals surface area contributed by atoms with Gasteiger partial charge in [0.15, 0.2) is 0 Å². The predicted octanol–water partition coefficient (Wildman–Crippen LogP) is 3.30. The Hall–Kier alpha value is -3.40. The third-order valence-electron chi connectivity index (χ3n) is 5.90. The fourth-order valence-electron chi connectivity index (χ4n) is 3.97. The topological polar surface area (TPSA) is 97.0 Å². The van der Waals surface area contributed by atoms with E-state index in [2.05, 4.69) is 14.9 Å². The van der Waals surface area contributed by atoms with Gasteiger partial charge >= 0.3 is 0 Å². The van der Waals surface area contributed by atoms with Crippen LogP contribution in [-0.2, 0) is 14.8 Å². The molecule has 9 heteroatoms. The van der Waals surface area contributed by atoms with E-state index in [9.17, 15) is 13.2 Å². The number of carbonyl (C=O) groups is 1. The highest BCUT2D eigenvalue weighted by Gasteiger charge is 2.23. The molecule has 184 valence electrons. The van der Waals surface area contributed by atoms with E-state index in [0.29, 0.717) is 31.0 Å². The maximum absolute atomic E-state index is 12.9. The molecular weight excluding hydrogens is 466 g/mol. The highest BCUT2D eigenvalue weighted by Crippen LogP contribution is 2.24. The molecule has 3 aromatic carbocycles. The molecule has 1 aliphatic rings. The number of sulfonamides is 1. The van der Waals surface area contributed by atoms with Crippen LogP contribution in [0, 0.1) is 0 Å². The van der Waals surface area contributed by atoms with Crippen LogP contribution in [0.3, 0.4) is 0 Å². The number of nitrogens with one attached hydrogen (secondary N) is 2. The van der Waals surface area contributed by atoms with Crippen LogP contribution >= 0.6 is 0 Å². The Morgan fingerprint density at radius 1 is 0.971 bits per heavy atom. The van der Waals surface area contributed by atoms with Crippen molar-refractivity contribution < 1.29 is 22.7 Å². The lowest BCUT2D eigenvalue weighted by molar-refractivity contribution is 0.0162. The zero-order valence-electron chi connectivity index (χ0n) is 19.5. The maximum atomic E-state index is 12.9. The average Bonchev–Trinajstić information content (AvgIpc) is 2.90. The molecule has 1 atom stereocenters. The number of carbonyl (C=O) groups excluding carboxylic acids is 1. The largest absolute Gasteiger partial charge is 0.497 e. The van der Waals surface area contributed by atoms with Gasteiger partial charge in [-0.15, -0.1) is 0 Å². The highest BCUT2D eigenvalue weighted by molar-refractivity contribution is 7.92. The second kappa shape index (κ2) is 11.4. The van der Waals surface area contributed by atoms with Gasteiger partial charge in [0.25, 0.3) is 15.9 Å². The van der Waals surface area contributed by atoms with Gasteiger partial charge in [0.1, 0.15) is 5.75 Å². The number of rotatable bonds is 9. The number of anilines is 1. The van der Waals surface area contributed by atoms with Gasteiger partial charge in [0.05, 0.1) is 31.3 Å². The van der Waals surface area contributed by atoms with E-state index < -0.39 is 10.0 Å². The van der Waals surface area contributed by atoms with Gasteiger partial charge in [0, 0.05) is 30.9 Å². The Bertz CT molecular complexity index is 1210. The second-order valence-electron chi connectivity index (χ2n) is 8.14. The van der Waals surface area contributed by atoms with E-state index in [1.807, 2.05) is 24.3 Å². The van der Waals surface area contributed by atoms with Gasteiger partial charge in [-0.2, -0.15) is 0 Å². The summed E-state index contributed by atoms with van der Waals surface area (Å²) in [7, 11) is -2.06. The van der Waals surface area contributed by atoms with Crippen molar-refractivity contribution in [1.29, 1.82) is 0 Å². The average molecular weight is 496 g/mol. The van der Waals surface area contributed by atoms with Crippen LogP contribution < -0.4 is 14.8 Å². The number of benzene rings is 3. The van der Waals surface area contributed by atoms with Gasteiger partial charge in [-0.1, -0.05) is 30.3 Å². The molecule has 8 nitrogen and oxygen atoms in total. The van der Waals surface area contributed by atoms with Crippen LogP contribution in [0.4, 0.5) is 5.69 Å². The lowest BCUT2D eigenvalue weighted by Gasteiger charge is -2.35. The molecule has 1 heterocycles. The third kappa shape index (κ3) is 6.39. The first-order valence-electron chi connectivity index (χ1n) is 11.4. The number of nitrogens with zero attached hydrogens (tertiary/aromatic N) is 1. The van der Waals surface area contributed by atoms with Gasteiger partial charge in [-0.25, -0.2) is 8.42 Å². The molecule has 0 aromatic heterocycles. The molecule has 3 aromatic rings. The summed E-state index contributed by atoms with van der Waals surface area (Å²) >= 11 is 0. The van der Waals surface area contributed by atoms with Crippen molar-refractivity contribution >= 4 is 21.6 Å². The summed E-state index contributed by atoms with van der Waals surface area (Å²) in [5, 5.41) is 3.03. The molecule has 0 saturated carbocycles. The first-order valence-corrected chi connectivity index (χ1v) is 12.9. The highest BCUT2D eigenvalue weighted by atomic mass is 32.2. The van der Waals surface area contributed by atoms with E-state index in [4.69, 9.17) is 9.47 Å². The van der Waals surface area contributed by atoms with E-state index in [1.54, 1.807) is 49.6 Å². The van der Waals surface area contributed by atoms with E-state index in [0.717, 1.165) is 24.4 Å². The first-order chi connectivity index (χ1) is 17.0. The molecule has 1 aliphatic heterocycles. The Balaban J connectivity index is 1.41. The molecule has 4 rings (SSSR count). The molecule has 0 unspecified atom stereocenters. The molecular formula is C26H29N3O5S. The maximum Gasteiger partial charge on any atom is 0.261 e. The molecule has 1 amide bonds. The Labute approximate surface area is 205 Å². The van der Waals surface area contributed by atoms with Gasteiger partial charge < -0.3 is 14.8 Å². The van der Waals surface area contributed by atoms with Crippen LogP contribution in [0.1, 0.15) is 22.0 Å². The summed E-state index contributed by atoms with van der Waals surface area (Å²) in [6.45, 7) is 3.29. The van der Waals surface area contributed by atoms with Crippen molar-refractivity contribution in [2.45, 2.75) is 10.9 Å². The number of methoxy groups -OCH3 is 1. The Morgan fingerprint density at radius 3 is 2.26 bits per heavy atom.